The van der Waals surface area contributed by atoms with Crippen LogP contribution in [0.3, 0.4) is 0 Å². The molecule has 2 unspecified atom stereocenters. The fourth-order valence-electron chi connectivity index (χ4n) is 6.89. The molecule has 0 spiro atoms. The van der Waals surface area contributed by atoms with Crippen molar-refractivity contribution in [1.29, 1.82) is 0 Å². The highest BCUT2D eigenvalue weighted by molar-refractivity contribution is 9.12. The number of halogens is 1. The number of rotatable bonds is 6. The molecule has 3 heterocycles. The van der Waals surface area contributed by atoms with Crippen LogP contribution in [0.5, 0.6) is 17.2 Å². The summed E-state index contributed by atoms with van der Waals surface area (Å²) in [5.74, 6) is -0.755. The van der Waals surface area contributed by atoms with Crippen molar-refractivity contribution in [2.45, 2.75) is 37.9 Å². The molecule has 14 heteroatoms. The van der Waals surface area contributed by atoms with Crippen molar-refractivity contribution < 1.29 is 24.2 Å². The largest absolute Gasteiger partial charge is 0.508 e. The zero-order valence-corrected chi connectivity index (χ0v) is 27.1. The summed E-state index contributed by atoms with van der Waals surface area (Å²) in [4.78, 5) is 72.2. The van der Waals surface area contributed by atoms with Crippen LogP contribution >= 0.6 is 15.9 Å². The molecule has 7 rings (SSSR count). The SMILES string of the molecule is COc1cc2nc(CCn3c(=O)n4n(c3=O)C3CC5=C(C(=O)C=C(Br)C5=O)C(c5ccccc5O)C3=CC4)c(=O)n(C)c2cc1OC. The number of hydrogen-bond acceptors (Lipinski definition) is 9. The number of ketones is 2. The number of para-hydroxylation sites is 1. The number of hydrogen-bond donors (Lipinski definition) is 1. The Balaban J connectivity index is 1.29. The monoisotopic (exact) mass is 701 g/mol. The number of fused-ring (bicyclic) bond motifs is 4. The summed E-state index contributed by atoms with van der Waals surface area (Å²) in [7, 11) is 4.59. The van der Waals surface area contributed by atoms with Gasteiger partial charge in [0, 0.05) is 67.3 Å². The maximum atomic E-state index is 14.0. The lowest BCUT2D eigenvalue weighted by Crippen LogP contribution is -2.40. The van der Waals surface area contributed by atoms with Crippen molar-refractivity contribution in [3.05, 3.63) is 112 Å². The Morgan fingerprint density at radius 1 is 1.02 bits per heavy atom. The zero-order chi connectivity index (χ0) is 33.3. The number of Topliss-reactive ketones (excluding diaryl/α,β-unsaturated/α-hetero) is 1. The van der Waals surface area contributed by atoms with Gasteiger partial charge in [-0.1, -0.05) is 24.3 Å². The molecule has 4 aromatic rings. The number of carbonyl (C=O) groups is 2. The van der Waals surface area contributed by atoms with E-state index < -0.39 is 29.1 Å². The van der Waals surface area contributed by atoms with Gasteiger partial charge in [0.05, 0.1) is 42.3 Å². The molecule has 3 aliphatic rings. The lowest BCUT2D eigenvalue weighted by molar-refractivity contribution is -0.115. The van der Waals surface area contributed by atoms with Gasteiger partial charge in [-0.25, -0.2) is 28.5 Å². The smallest absolute Gasteiger partial charge is 0.347 e. The van der Waals surface area contributed by atoms with E-state index in [2.05, 4.69) is 20.9 Å². The van der Waals surface area contributed by atoms with Gasteiger partial charge in [-0.05, 0) is 27.6 Å². The molecular weight excluding hydrogens is 674 g/mol. The van der Waals surface area contributed by atoms with Crippen molar-refractivity contribution in [3.63, 3.8) is 0 Å². The van der Waals surface area contributed by atoms with E-state index in [1.165, 1.54) is 40.3 Å². The summed E-state index contributed by atoms with van der Waals surface area (Å²) < 4.78 is 15.9. The minimum Gasteiger partial charge on any atom is -0.508 e. The number of benzene rings is 2. The lowest BCUT2D eigenvalue weighted by atomic mass is 9.68. The molecule has 2 aromatic heterocycles. The Bertz CT molecular complexity index is 2340. The summed E-state index contributed by atoms with van der Waals surface area (Å²) >= 11 is 3.20. The molecule has 0 amide bonds. The predicted molar refractivity (Wildman–Crippen MR) is 173 cm³/mol. The van der Waals surface area contributed by atoms with Crippen LogP contribution in [0.4, 0.5) is 0 Å². The Hall–Kier alpha value is -5.24. The Labute approximate surface area is 274 Å². The molecule has 1 N–H and O–H groups in total. The second kappa shape index (κ2) is 11.2. The summed E-state index contributed by atoms with van der Waals surface area (Å²) in [5.41, 5.74) is 1.07. The van der Waals surface area contributed by atoms with E-state index in [4.69, 9.17) is 9.47 Å². The van der Waals surface area contributed by atoms with Gasteiger partial charge in [0.2, 0.25) is 0 Å². The van der Waals surface area contributed by atoms with Gasteiger partial charge < -0.3 is 19.1 Å². The first-order valence-corrected chi connectivity index (χ1v) is 15.6. The average Bonchev–Trinajstić information content (AvgIpc) is 3.31. The molecule has 0 radical (unpaired) electrons. The second-order valence-corrected chi connectivity index (χ2v) is 12.4. The number of aromatic hydroxyl groups is 1. The first-order valence-electron chi connectivity index (χ1n) is 14.8. The van der Waals surface area contributed by atoms with Crippen LogP contribution in [0.1, 0.15) is 29.6 Å². The van der Waals surface area contributed by atoms with E-state index in [9.17, 15) is 29.1 Å². The molecule has 0 bridgehead atoms. The van der Waals surface area contributed by atoms with E-state index in [-0.39, 0.29) is 64.3 Å². The highest BCUT2D eigenvalue weighted by Gasteiger charge is 2.45. The van der Waals surface area contributed by atoms with E-state index >= 15 is 0 Å². The minimum absolute atomic E-state index is 0.000202. The maximum Gasteiger partial charge on any atom is 0.347 e. The van der Waals surface area contributed by atoms with Gasteiger partial charge in [-0.2, -0.15) is 0 Å². The number of phenols is 1. The fraction of sp³-hybridized carbons (Fsp3) is 0.273. The van der Waals surface area contributed by atoms with Crippen molar-refractivity contribution in [1.82, 2.24) is 23.5 Å². The first-order chi connectivity index (χ1) is 22.5. The van der Waals surface area contributed by atoms with Gasteiger partial charge in [0.15, 0.2) is 23.1 Å². The third kappa shape index (κ3) is 4.57. The molecule has 2 aromatic carbocycles. The molecule has 13 nitrogen and oxygen atoms in total. The van der Waals surface area contributed by atoms with Crippen LogP contribution < -0.4 is 26.4 Å². The highest BCUT2D eigenvalue weighted by Crippen LogP contribution is 2.51. The number of aromatic nitrogens is 5. The normalized spacial score (nSPS) is 18.8. The third-order valence-corrected chi connectivity index (χ3v) is 9.74. The van der Waals surface area contributed by atoms with Gasteiger partial charge >= 0.3 is 11.4 Å². The van der Waals surface area contributed by atoms with Gasteiger partial charge in [-0.3, -0.25) is 14.4 Å². The second-order valence-electron chi connectivity index (χ2n) is 11.5. The molecular formula is C33H28BrN5O8. The van der Waals surface area contributed by atoms with E-state index in [0.717, 1.165) is 4.57 Å². The Morgan fingerprint density at radius 3 is 2.47 bits per heavy atom. The topological polar surface area (TPSA) is 157 Å². The van der Waals surface area contributed by atoms with Crippen molar-refractivity contribution in [3.8, 4) is 17.2 Å². The van der Waals surface area contributed by atoms with Gasteiger partial charge in [0.1, 0.15) is 11.4 Å². The molecule has 47 heavy (non-hydrogen) atoms. The number of phenolic OH excluding ortho intramolecular Hbond substituents is 1. The molecule has 1 aliphatic heterocycles. The van der Waals surface area contributed by atoms with Gasteiger partial charge in [-0.15, -0.1) is 0 Å². The van der Waals surface area contributed by atoms with Crippen molar-refractivity contribution in [2.75, 3.05) is 14.2 Å². The quantitative estimate of drug-likeness (QED) is 0.236. The standard InChI is InChI=1S/C33H28BrN5O8/c1-36-23-15-27(47-3)26(46-2)14-21(23)35-20(31(36)43)9-10-37-32(44)38-11-8-16-22(39(38)33(37)45)12-18-29(25(41)13-19(34)30(18)42)28(16)17-6-4-5-7-24(17)40/h4-8,13-15,22,28,40H,9-12H2,1-3H3. The summed E-state index contributed by atoms with van der Waals surface area (Å²) in [5, 5.41) is 10.8. The zero-order valence-electron chi connectivity index (χ0n) is 25.5. The van der Waals surface area contributed by atoms with Crippen LogP contribution in [0.15, 0.2) is 84.1 Å². The third-order valence-electron chi connectivity index (χ3n) is 9.15. The first kappa shape index (κ1) is 30.4. The summed E-state index contributed by atoms with van der Waals surface area (Å²) in [6, 6.07) is 9.08. The molecule has 0 saturated carbocycles. The number of aryl methyl sites for hydroxylation is 2. The molecule has 240 valence electrons. The average molecular weight is 703 g/mol. The molecule has 2 atom stereocenters. The molecule has 2 aliphatic carbocycles. The number of ether oxygens (including phenoxy) is 2. The number of methoxy groups -OCH3 is 2. The maximum absolute atomic E-state index is 14.0. The Kier molecular flexibility index (Phi) is 7.27. The van der Waals surface area contributed by atoms with E-state index in [0.29, 0.717) is 33.7 Å². The van der Waals surface area contributed by atoms with Gasteiger partial charge in [0.25, 0.3) is 5.56 Å². The van der Waals surface area contributed by atoms with Crippen LogP contribution in [-0.2, 0) is 36.1 Å². The Morgan fingerprint density at radius 2 is 1.74 bits per heavy atom. The van der Waals surface area contributed by atoms with Crippen LogP contribution in [-0.4, -0.2) is 54.4 Å². The summed E-state index contributed by atoms with van der Waals surface area (Å²) in [6.07, 6.45) is 3.00. The lowest BCUT2D eigenvalue weighted by Gasteiger charge is -2.39. The van der Waals surface area contributed by atoms with Crippen LogP contribution in [0, 0.1) is 0 Å². The van der Waals surface area contributed by atoms with Crippen LogP contribution in [0.25, 0.3) is 11.0 Å². The van der Waals surface area contributed by atoms with Crippen LogP contribution in [0.2, 0.25) is 0 Å². The van der Waals surface area contributed by atoms with E-state index in [1.807, 2.05) is 0 Å². The van der Waals surface area contributed by atoms with Crippen molar-refractivity contribution >= 4 is 38.5 Å². The fourth-order valence-corrected chi connectivity index (χ4v) is 7.34. The van der Waals surface area contributed by atoms with E-state index in [1.54, 1.807) is 43.5 Å². The number of allylic oxidation sites excluding steroid dienone is 6. The molecule has 0 fully saturated rings. The molecule has 0 saturated heterocycles. The minimum atomic E-state index is -0.808. The van der Waals surface area contributed by atoms with Crippen molar-refractivity contribution in [2.24, 2.45) is 7.05 Å². The predicted octanol–water partition coefficient (Wildman–Crippen LogP) is 2.42. The number of carbonyl (C=O) groups excluding carboxylic acids is 2. The highest BCUT2D eigenvalue weighted by atomic mass is 79.9. The summed E-state index contributed by atoms with van der Waals surface area (Å²) in [6.45, 7) is -0.102. The number of nitrogens with zero attached hydrogens (tertiary/aromatic N) is 5.